The van der Waals surface area contributed by atoms with Crippen LogP contribution in [-0.2, 0) is 20.7 Å². The smallest absolute Gasteiger partial charge is 0.310 e. The predicted molar refractivity (Wildman–Crippen MR) is 104 cm³/mol. The van der Waals surface area contributed by atoms with Crippen LogP contribution in [0.1, 0.15) is 5.56 Å². The van der Waals surface area contributed by atoms with E-state index in [1.165, 1.54) is 11.3 Å². The van der Waals surface area contributed by atoms with Gasteiger partial charge in [0.1, 0.15) is 5.75 Å². The number of benzene rings is 2. The molecule has 3 aromatic rings. The van der Waals surface area contributed by atoms with Crippen molar-refractivity contribution in [3.63, 3.8) is 0 Å². The fourth-order valence-electron chi connectivity index (χ4n) is 2.34. The molecular formula is C20H18N2O4S. The van der Waals surface area contributed by atoms with Crippen LogP contribution in [0.2, 0.25) is 0 Å². The van der Waals surface area contributed by atoms with Gasteiger partial charge >= 0.3 is 5.97 Å². The molecule has 2 aromatic carbocycles. The first-order valence-electron chi connectivity index (χ1n) is 8.23. The summed E-state index contributed by atoms with van der Waals surface area (Å²) in [5, 5.41) is 4.94. The van der Waals surface area contributed by atoms with Crippen LogP contribution in [0.4, 0.5) is 5.13 Å². The zero-order valence-electron chi connectivity index (χ0n) is 14.7. The molecule has 0 saturated carbocycles. The first-order valence-corrected chi connectivity index (χ1v) is 9.11. The van der Waals surface area contributed by atoms with E-state index in [9.17, 15) is 9.59 Å². The minimum Gasteiger partial charge on any atom is -0.497 e. The number of thiazole rings is 1. The second kappa shape index (κ2) is 8.95. The van der Waals surface area contributed by atoms with Gasteiger partial charge in [-0.1, -0.05) is 30.3 Å². The summed E-state index contributed by atoms with van der Waals surface area (Å²) in [6, 6.07) is 16.7. The third-order valence-corrected chi connectivity index (χ3v) is 4.45. The number of aromatic nitrogens is 1. The molecule has 1 amide bonds. The molecule has 27 heavy (non-hydrogen) atoms. The van der Waals surface area contributed by atoms with E-state index in [1.54, 1.807) is 7.11 Å². The van der Waals surface area contributed by atoms with E-state index < -0.39 is 11.9 Å². The van der Waals surface area contributed by atoms with Gasteiger partial charge < -0.3 is 9.47 Å². The fraction of sp³-hybridized carbons (Fsp3) is 0.150. The van der Waals surface area contributed by atoms with Crippen LogP contribution in [-0.4, -0.2) is 30.6 Å². The predicted octanol–water partition coefficient (Wildman–Crippen LogP) is 3.54. The zero-order valence-corrected chi connectivity index (χ0v) is 15.5. The van der Waals surface area contributed by atoms with Gasteiger partial charge in [0, 0.05) is 10.9 Å². The third-order valence-electron chi connectivity index (χ3n) is 3.69. The molecule has 7 heteroatoms. The molecule has 6 nitrogen and oxygen atoms in total. The number of carbonyl (C=O) groups is 2. The van der Waals surface area contributed by atoms with Gasteiger partial charge in [-0.05, 0) is 29.8 Å². The molecule has 0 aliphatic heterocycles. The van der Waals surface area contributed by atoms with E-state index in [4.69, 9.17) is 9.47 Å². The molecule has 1 aromatic heterocycles. The second-order valence-corrected chi connectivity index (χ2v) is 6.50. The molecule has 0 atom stereocenters. The van der Waals surface area contributed by atoms with E-state index in [1.807, 2.05) is 60.0 Å². The van der Waals surface area contributed by atoms with Gasteiger partial charge in [-0.25, -0.2) is 4.98 Å². The van der Waals surface area contributed by atoms with Crippen LogP contribution in [0.3, 0.4) is 0 Å². The first-order chi connectivity index (χ1) is 13.1. The highest BCUT2D eigenvalue weighted by Gasteiger charge is 2.11. The third kappa shape index (κ3) is 5.39. The van der Waals surface area contributed by atoms with Gasteiger partial charge in [0.25, 0.3) is 5.91 Å². The van der Waals surface area contributed by atoms with Crippen molar-refractivity contribution in [1.29, 1.82) is 0 Å². The Morgan fingerprint density at radius 3 is 2.52 bits per heavy atom. The van der Waals surface area contributed by atoms with Crippen molar-refractivity contribution in [2.75, 3.05) is 19.0 Å². The quantitative estimate of drug-likeness (QED) is 0.633. The van der Waals surface area contributed by atoms with Crippen molar-refractivity contribution in [3.8, 4) is 17.0 Å². The second-order valence-electron chi connectivity index (χ2n) is 5.64. The largest absolute Gasteiger partial charge is 0.497 e. The van der Waals surface area contributed by atoms with E-state index in [-0.39, 0.29) is 13.0 Å². The number of rotatable bonds is 7. The van der Waals surface area contributed by atoms with Crippen molar-refractivity contribution < 1.29 is 19.1 Å². The molecule has 0 saturated heterocycles. The maximum Gasteiger partial charge on any atom is 0.310 e. The number of nitrogens with zero attached hydrogens (tertiary/aromatic N) is 1. The number of nitrogens with one attached hydrogen (secondary N) is 1. The maximum absolute atomic E-state index is 12.0. The molecule has 0 radical (unpaired) electrons. The van der Waals surface area contributed by atoms with Crippen molar-refractivity contribution in [1.82, 2.24) is 4.98 Å². The van der Waals surface area contributed by atoms with Crippen LogP contribution < -0.4 is 10.1 Å². The Morgan fingerprint density at radius 2 is 1.81 bits per heavy atom. The standard InChI is InChI=1S/C20H18N2O4S/c1-25-16-9-7-15(8-10-16)17-13-27-20(21-17)22-18(23)12-26-19(24)11-14-5-3-2-4-6-14/h2-10,13H,11-12H2,1H3,(H,21,22,23). The van der Waals surface area contributed by atoms with Crippen molar-refractivity contribution in [2.45, 2.75) is 6.42 Å². The molecule has 0 spiro atoms. The van der Waals surface area contributed by atoms with Gasteiger partial charge in [0.2, 0.25) is 0 Å². The lowest BCUT2D eigenvalue weighted by molar-refractivity contribution is -0.146. The molecule has 138 valence electrons. The monoisotopic (exact) mass is 382 g/mol. The van der Waals surface area contributed by atoms with Crippen LogP contribution in [0.25, 0.3) is 11.3 Å². The van der Waals surface area contributed by atoms with E-state index in [2.05, 4.69) is 10.3 Å². The lowest BCUT2D eigenvalue weighted by Crippen LogP contribution is -2.21. The Balaban J connectivity index is 1.49. The molecule has 0 fully saturated rings. The Labute approximate surface area is 160 Å². The Kier molecular flexibility index (Phi) is 6.17. The Hall–Kier alpha value is -3.19. The summed E-state index contributed by atoms with van der Waals surface area (Å²) in [6.07, 6.45) is 0.132. The summed E-state index contributed by atoms with van der Waals surface area (Å²) in [4.78, 5) is 28.1. The minimum atomic E-state index is -0.450. The van der Waals surface area contributed by atoms with Gasteiger partial charge in [0.15, 0.2) is 11.7 Å². The average Bonchev–Trinajstić information content (AvgIpc) is 3.15. The summed E-state index contributed by atoms with van der Waals surface area (Å²) in [5.74, 6) is -0.110. The van der Waals surface area contributed by atoms with E-state index >= 15 is 0 Å². The molecular weight excluding hydrogens is 364 g/mol. The Morgan fingerprint density at radius 1 is 1.07 bits per heavy atom. The number of esters is 1. The van der Waals surface area contributed by atoms with Crippen LogP contribution in [0.15, 0.2) is 60.0 Å². The first kappa shape index (κ1) is 18.6. The number of methoxy groups -OCH3 is 1. The summed E-state index contributed by atoms with van der Waals surface area (Å²) in [6.45, 7) is -0.344. The minimum absolute atomic E-state index is 0.132. The summed E-state index contributed by atoms with van der Waals surface area (Å²) in [7, 11) is 1.61. The van der Waals surface area contributed by atoms with Gasteiger partial charge in [-0.2, -0.15) is 0 Å². The number of anilines is 1. The molecule has 1 heterocycles. The summed E-state index contributed by atoms with van der Waals surface area (Å²) in [5.41, 5.74) is 2.51. The van der Waals surface area contributed by atoms with Gasteiger partial charge in [-0.15, -0.1) is 11.3 Å². The average molecular weight is 382 g/mol. The molecule has 3 rings (SSSR count). The van der Waals surface area contributed by atoms with Crippen LogP contribution in [0, 0.1) is 0 Å². The highest BCUT2D eigenvalue weighted by molar-refractivity contribution is 7.14. The number of ether oxygens (including phenoxy) is 2. The highest BCUT2D eigenvalue weighted by atomic mass is 32.1. The highest BCUT2D eigenvalue weighted by Crippen LogP contribution is 2.26. The van der Waals surface area contributed by atoms with Crippen molar-refractivity contribution in [3.05, 3.63) is 65.5 Å². The lowest BCUT2D eigenvalue weighted by Gasteiger charge is -2.05. The van der Waals surface area contributed by atoms with E-state index in [0.717, 1.165) is 22.6 Å². The SMILES string of the molecule is COc1ccc(-c2csc(NC(=O)COC(=O)Cc3ccccc3)n2)cc1. The van der Waals surface area contributed by atoms with Crippen molar-refractivity contribution >= 4 is 28.3 Å². The maximum atomic E-state index is 12.0. The number of hydrogen-bond donors (Lipinski definition) is 1. The molecule has 0 aliphatic carbocycles. The topological polar surface area (TPSA) is 77.5 Å². The van der Waals surface area contributed by atoms with Gasteiger partial charge in [-0.3, -0.25) is 14.9 Å². The van der Waals surface area contributed by atoms with Gasteiger partial charge in [0.05, 0.1) is 19.2 Å². The molecule has 1 N–H and O–H groups in total. The molecule has 0 aliphatic rings. The van der Waals surface area contributed by atoms with Crippen molar-refractivity contribution in [2.24, 2.45) is 0 Å². The number of amides is 1. The van der Waals surface area contributed by atoms with Crippen LogP contribution >= 0.6 is 11.3 Å². The molecule has 0 unspecified atom stereocenters. The number of carbonyl (C=O) groups excluding carboxylic acids is 2. The fourth-order valence-corrected chi connectivity index (χ4v) is 3.08. The van der Waals surface area contributed by atoms with E-state index in [0.29, 0.717) is 5.13 Å². The summed E-state index contributed by atoms with van der Waals surface area (Å²) >= 11 is 1.30. The summed E-state index contributed by atoms with van der Waals surface area (Å²) < 4.78 is 10.1. The normalized spacial score (nSPS) is 10.3. The number of hydrogen-bond acceptors (Lipinski definition) is 6. The lowest BCUT2D eigenvalue weighted by atomic mass is 10.2. The molecule has 0 bridgehead atoms. The van der Waals surface area contributed by atoms with Crippen LogP contribution in [0.5, 0.6) is 5.75 Å². The Bertz CT molecular complexity index is 907. The zero-order chi connectivity index (χ0) is 19.1.